The molecule has 1 aliphatic rings. The van der Waals surface area contributed by atoms with Crippen LogP contribution in [0.15, 0.2) is 0 Å². The number of rotatable bonds is 7. The number of hydrogen-bond donors (Lipinski definition) is 2. The van der Waals surface area contributed by atoms with Gasteiger partial charge in [0.1, 0.15) is 6.04 Å². The van der Waals surface area contributed by atoms with Crippen LogP contribution in [0.3, 0.4) is 0 Å². The van der Waals surface area contributed by atoms with Gasteiger partial charge < -0.3 is 10.4 Å². The minimum atomic E-state index is -3.35. The number of carbonyl (C=O) groups is 1. The van der Waals surface area contributed by atoms with Crippen LogP contribution in [0.1, 0.15) is 40.0 Å². The molecule has 7 heteroatoms. The van der Waals surface area contributed by atoms with E-state index in [-0.39, 0.29) is 24.1 Å². The van der Waals surface area contributed by atoms with E-state index < -0.39 is 22.2 Å². The second kappa shape index (κ2) is 7.38. The smallest absolute Gasteiger partial charge is 0.238 e. The van der Waals surface area contributed by atoms with Crippen LogP contribution < -0.4 is 5.32 Å². The van der Waals surface area contributed by atoms with Crippen LogP contribution in [-0.4, -0.2) is 54.7 Å². The molecule has 0 saturated carbocycles. The van der Waals surface area contributed by atoms with Crippen molar-refractivity contribution in [2.45, 2.75) is 52.2 Å². The maximum Gasteiger partial charge on any atom is 0.238 e. The summed E-state index contributed by atoms with van der Waals surface area (Å²) in [6, 6.07) is -0.620. The van der Waals surface area contributed by atoms with Crippen molar-refractivity contribution in [3.8, 4) is 0 Å². The van der Waals surface area contributed by atoms with Crippen molar-refractivity contribution in [2.75, 3.05) is 18.8 Å². The van der Waals surface area contributed by atoms with Crippen LogP contribution in [0.25, 0.3) is 0 Å². The van der Waals surface area contributed by atoms with E-state index in [0.29, 0.717) is 25.8 Å². The molecule has 118 valence electrons. The van der Waals surface area contributed by atoms with Gasteiger partial charge in [-0.2, -0.15) is 4.31 Å². The summed E-state index contributed by atoms with van der Waals surface area (Å²) in [5, 5.41) is 12.3. The molecule has 0 aliphatic carbocycles. The summed E-state index contributed by atoms with van der Waals surface area (Å²) in [5.41, 5.74) is 0. The Labute approximate surface area is 121 Å². The zero-order valence-electron chi connectivity index (χ0n) is 12.5. The lowest BCUT2D eigenvalue weighted by molar-refractivity contribution is -0.124. The van der Waals surface area contributed by atoms with Crippen LogP contribution in [0.5, 0.6) is 0 Å². The van der Waals surface area contributed by atoms with Crippen molar-refractivity contribution in [1.29, 1.82) is 0 Å². The third-order valence-electron chi connectivity index (χ3n) is 3.58. The highest BCUT2D eigenvalue weighted by atomic mass is 32.2. The average molecular weight is 306 g/mol. The fourth-order valence-electron chi connectivity index (χ4n) is 2.27. The van der Waals surface area contributed by atoms with Crippen molar-refractivity contribution < 1.29 is 18.3 Å². The Bertz CT molecular complexity index is 422. The summed E-state index contributed by atoms with van der Waals surface area (Å²) in [6.45, 7) is 6.11. The first-order valence-corrected chi connectivity index (χ1v) is 8.85. The van der Waals surface area contributed by atoms with E-state index in [0.717, 1.165) is 0 Å². The summed E-state index contributed by atoms with van der Waals surface area (Å²) in [5.74, 6) is -0.175. The number of nitrogens with zero attached hydrogens (tertiary/aromatic N) is 1. The minimum absolute atomic E-state index is 0.0544. The first-order chi connectivity index (χ1) is 9.29. The zero-order chi connectivity index (χ0) is 15.3. The molecule has 0 spiro atoms. The predicted octanol–water partition coefficient (Wildman–Crippen LogP) is 0.324. The van der Waals surface area contributed by atoms with E-state index in [1.165, 1.54) is 4.31 Å². The van der Waals surface area contributed by atoms with Gasteiger partial charge in [-0.05, 0) is 25.2 Å². The van der Waals surface area contributed by atoms with E-state index >= 15 is 0 Å². The van der Waals surface area contributed by atoms with Crippen LogP contribution in [0, 0.1) is 5.92 Å². The predicted molar refractivity (Wildman–Crippen MR) is 77.7 cm³/mol. The Morgan fingerprint density at radius 2 is 2.10 bits per heavy atom. The fourth-order valence-corrected chi connectivity index (χ4v) is 4.02. The van der Waals surface area contributed by atoms with E-state index in [9.17, 15) is 18.3 Å². The maximum absolute atomic E-state index is 12.1. The normalized spacial score (nSPS) is 22.1. The molecule has 2 N–H and O–H groups in total. The van der Waals surface area contributed by atoms with Crippen molar-refractivity contribution in [1.82, 2.24) is 9.62 Å². The number of sulfonamides is 1. The van der Waals surface area contributed by atoms with Crippen LogP contribution >= 0.6 is 0 Å². The quantitative estimate of drug-likeness (QED) is 0.709. The molecule has 20 heavy (non-hydrogen) atoms. The van der Waals surface area contributed by atoms with Crippen molar-refractivity contribution in [2.24, 2.45) is 5.92 Å². The van der Waals surface area contributed by atoms with Gasteiger partial charge in [-0.1, -0.05) is 20.8 Å². The Morgan fingerprint density at radius 3 is 2.65 bits per heavy atom. The van der Waals surface area contributed by atoms with E-state index in [1.807, 2.05) is 20.8 Å². The highest BCUT2D eigenvalue weighted by Gasteiger charge is 2.38. The largest absolute Gasteiger partial charge is 0.391 e. The van der Waals surface area contributed by atoms with Crippen LogP contribution in [0.4, 0.5) is 0 Å². The molecule has 0 bridgehead atoms. The highest BCUT2D eigenvalue weighted by molar-refractivity contribution is 7.89. The molecule has 1 amide bonds. The summed E-state index contributed by atoms with van der Waals surface area (Å²) in [7, 11) is -3.35. The van der Waals surface area contributed by atoms with Gasteiger partial charge in [0.25, 0.3) is 0 Å². The molecule has 0 radical (unpaired) electrons. The monoisotopic (exact) mass is 306 g/mol. The van der Waals surface area contributed by atoms with Crippen molar-refractivity contribution in [3.63, 3.8) is 0 Å². The van der Waals surface area contributed by atoms with Gasteiger partial charge in [-0.15, -0.1) is 0 Å². The van der Waals surface area contributed by atoms with Crippen molar-refractivity contribution in [3.05, 3.63) is 0 Å². The Morgan fingerprint density at radius 1 is 1.45 bits per heavy atom. The molecular formula is C13H26N2O4S. The van der Waals surface area contributed by atoms with Gasteiger partial charge in [0.05, 0.1) is 11.9 Å². The van der Waals surface area contributed by atoms with Gasteiger partial charge >= 0.3 is 0 Å². The SMILES string of the molecule is CCCS(=O)(=O)N1CCCC1C(=O)NCC(O)C(C)C. The molecule has 2 unspecified atom stereocenters. The molecular weight excluding hydrogens is 280 g/mol. The summed E-state index contributed by atoms with van der Waals surface area (Å²) in [6.07, 6.45) is 1.18. The molecule has 1 heterocycles. The number of hydrogen-bond acceptors (Lipinski definition) is 4. The van der Waals surface area contributed by atoms with E-state index in [1.54, 1.807) is 0 Å². The number of aliphatic hydroxyl groups excluding tert-OH is 1. The number of amides is 1. The molecule has 1 aliphatic heterocycles. The van der Waals surface area contributed by atoms with Gasteiger partial charge in [0, 0.05) is 13.1 Å². The Kier molecular flexibility index (Phi) is 6.42. The topological polar surface area (TPSA) is 86.7 Å². The van der Waals surface area contributed by atoms with Gasteiger partial charge in [-0.25, -0.2) is 8.42 Å². The van der Waals surface area contributed by atoms with Gasteiger partial charge in [0.15, 0.2) is 0 Å². The summed E-state index contributed by atoms with van der Waals surface area (Å²) in [4.78, 5) is 12.1. The summed E-state index contributed by atoms with van der Waals surface area (Å²) >= 11 is 0. The molecule has 2 atom stereocenters. The first kappa shape index (κ1) is 17.4. The maximum atomic E-state index is 12.1. The van der Waals surface area contributed by atoms with Crippen molar-refractivity contribution >= 4 is 15.9 Å². The molecule has 1 rings (SSSR count). The second-order valence-corrected chi connectivity index (χ2v) is 7.68. The van der Waals surface area contributed by atoms with Crippen LogP contribution in [0.2, 0.25) is 0 Å². The second-order valence-electron chi connectivity index (χ2n) is 5.64. The average Bonchev–Trinajstić information content (AvgIpc) is 2.85. The zero-order valence-corrected chi connectivity index (χ0v) is 13.3. The number of carbonyl (C=O) groups excluding carboxylic acids is 1. The first-order valence-electron chi connectivity index (χ1n) is 7.25. The lowest BCUT2D eigenvalue weighted by Crippen LogP contribution is -2.48. The molecule has 1 saturated heterocycles. The van der Waals surface area contributed by atoms with E-state index in [2.05, 4.69) is 5.32 Å². The number of aliphatic hydroxyl groups is 1. The lowest BCUT2D eigenvalue weighted by Gasteiger charge is -2.24. The third-order valence-corrected chi connectivity index (χ3v) is 5.66. The standard InChI is InChI=1S/C13H26N2O4S/c1-4-8-20(18,19)15-7-5-6-11(15)13(17)14-9-12(16)10(2)3/h10-12,16H,4-9H2,1-3H3,(H,14,17). The van der Waals surface area contributed by atoms with Gasteiger partial charge in [0.2, 0.25) is 15.9 Å². The molecule has 1 fully saturated rings. The Hall–Kier alpha value is -0.660. The lowest BCUT2D eigenvalue weighted by atomic mass is 10.1. The third kappa shape index (κ3) is 4.43. The minimum Gasteiger partial charge on any atom is -0.391 e. The summed E-state index contributed by atoms with van der Waals surface area (Å²) < 4.78 is 25.5. The molecule has 6 nitrogen and oxygen atoms in total. The molecule has 0 aromatic rings. The fraction of sp³-hybridized carbons (Fsp3) is 0.923. The van der Waals surface area contributed by atoms with Gasteiger partial charge in [-0.3, -0.25) is 4.79 Å². The Balaban J connectivity index is 2.63. The molecule has 0 aromatic carbocycles. The highest BCUT2D eigenvalue weighted by Crippen LogP contribution is 2.22. The molecule has 0 aromatic heterocycles. The number of nitrogens with one attached hydrogen (secondary N) is 1. The van der Waals surface area contributed by atoms with Crippen LogP contribution in [-0.2, 0) is 14.8 Å². The van der Waals surface area contributed by atoms with E-state index in [4.69, 9.17) is 0 Å².